The van der Waals surface area contributed by atoms with Gasteiger partial charge in [0.2, 0.25) is 0 Å². The standard InChI is InChI=1S/C10H16N4O.ClH/c1-13-10(15)3-2-9(12-13)14-6-4-8(11)5-7-14;/h2-3,8H,4-7,11H2,1H3;1H. The van der Waals surface area contributed by atoms with Crippen LogP contribution in [0.3, 0.4) is 0 Å². The number of piperidine rings is 1. The van der Waals surface area contributed by atoms with E-state index in [0.717, 1.165) is 31.7 Å². The molecule has 0 radical (unpaired) electrons. The number of anilines is 1. The first-order valence-corrected chi connectivity index (χ1v) is 5.22. The number of aryl methyl sites for hydroxylation is 1. The monoisotopic (exact) mass is 244 g/mol. The molecule has 0 amide bonds. The highest BCUT2D eigenvalue weighted by Crippen LogP contribution is 2.14. The van der Waals surface area contributed by atoms with E-state index in [4.69, 9.17) is 5.73 Å². The zero-order valence-electron chi connectivity index (χ0n) is 9.30. The summed E-state index contributed by atoms with van der Waals surface area (Å²) in [7, 11) is 1.67. The van der Waals surface area contributed by atoms with E-state index in [1.807, 2.05) is 0 Å². The molecule has 1 aliphatic heterocycles. The summed E-state index contributed by atoms with van der Waals surface area (Å²) in [5.74, 6) is 0.865. The molecule has 16 heavy (non-hydrogen) atoms. The molecule has 1 saturated heterocycles. The summed E-state index contributed by atoms with van der Waals surface area (Å²) in [4.78, 5) is 13.3. The maximum atomic E-state index is 11.2. The van der Waals surface area contributed by atoms with Crippen molar-refractivity contribution in [2.24, 2.45) is 12.8 Å². The molecule has 1 fully saturated rings. The SMILES string of the molecule is Cl.Cn1nc(N2CCC(N)CC2)ccc1=O. The van der Waals surface area contributed by atoms with E-state index >= 15 is 0 Å². The number of nitrogens with two attached hydrogens (primary N) is 1. The molecule has 1 aliphatic rings. The lowest BCUT2D eigenvalue weighted by molar-refractivity contribution is 0.494. The predicted octanol–water partition coefficient (Wildman–Crippen LogP) is 0.130. The van der Waals surface area contributed by atoms with E-state index in [2.05, 4.69) is 10.00 Å². The Hall–Kier alpha value is -1.07. The van der Waals surface area contributed by atoms with Crippen LogP contribution in [0.1, 0.15) is 12.8 Å². The molecule has 90 valence electrons. The zero-order valence-corrected chi connectivity index (χ0v) is 10.1. The predicted molar refractivity (Wildman–Crippen MR) is 66.1 cm³/mol. The van der Waals surface area contributed by atoms with Gasteiger partial charge in [0.15, 0.2) is 0 Å². The van der Waals surface area contributed by atoms with Crippen LogP contribution in [0, 0.1) is 0 Å². The molecule has 0 saturated carbocycles. The van der Waals surface area contributed by atoms with Crippen molar-refractivity contribution >= 4 is 18.2 Å². The molecule has 0 unspecified atom stereocenters. The Balaban J connectivity index is 0.00000128. The highest BCUT2D eigenvalue weighted by Gasteiger charge is 2.17. The molecule has 2 N–H and O–H groups in total. The van der Waals surface area contributed by atoms with Crippen LogP contribution in [0.15, 0.2) is 16.9 Å². The highest BCUT2D eigenvalue weighted by molar-refractivity contribution is 5.85. The van der Waals surface area contributed by atoms with Crippen LogP contribution in [-0.2, 0) is 7.05 Å². The van der Waals surface area contributed by atoms with E-state index < -0.39 is 0 Å². The van der Waals surface area contributed by atoms with Crippen molar-refractivity contribution < 1.29 is 0 Å². The first-order valence-electron chi connectivity index (χ1n) is 5.22. The number of aromatic nitrogens is 2. The lowest BCUT2D eigenvalue weighted by atomic mass is 10.1. The van der Waals surface area contributed by atoms with Gasteiger partial charge in [-0.2, -0.15) is 5.10 Å². The van der Waals surface area contributed by atoms with Gasteiger partial charge in [0.25, 0.3) is 5.56 Å². The molecular weight excluding hydrogens is 228 g/mol. The Bertz CT molecular complexity index is 398. The fourth-order valence-corrected chi connectivity index (χ4v) is 1.79. The first-order chi connectivity index (χ1) is 7.16. The third-order valence-corrected chi connectivity index (χ3v) is 2.81. The summed E-state index contributed by atoms with van der Waals surface area (Å²) in [5, 5.41) is 4.21. The molecule has 1 aromatic heterocycles. The molecule has 0 aromatic carbocycles. The largest absolute Gasteiger partial charge is 0.355 e. The molecule has 2 rings (SSSR count). The lowest BCUT2D eigenvalue weighted by Crippen LogP contribution is -2.40. The number of halogens is 1. The van der Waals surface area contributed by atoms with Gasteiger partial charge in [-0.1, -0.05) is 0 Å². The highest BCUT2D eigenvalue weighted by atomic mass is 35.5. The molecule has 0 bridgehead atoms. The van der Waals surface area contributed by atoms with Gasteiger partial charge < -0.3 is 10.6 Å². The normalized spacial score (nSPS) is 17.0. The number of rotatable bonds is 1. The summed E-state index contributed by atoms with van der Waals surface area (Å²) in [6.45, 7) is 1.85. The molecule has 2 heterocycles. The van der Waals surface area contributed by atoms with Gasteiger partial charge in [-0.25, -0.2) is 4.68 Å². The maximum Gasteiger partial charge on any atom is 0.266 e. The minimum absolute atomic E-state index is 0. The van der Waals surface area contributed by atoms with Gasteiger partial charge in [-0.3, -0.25) is 4.79 Å². The Kier molecular flexibility index (Phi) is 4.32. The second kappa shape index (κ2) is 5.32. The van der Waals surface area contributed by atoms with Crippen molar-refractivity contribution in [3.05, 3.63) is 22.5 Å². The Morgan fingerprint density at radius 2 is 2.00 bits per heavy atom. The van der Waals surface area contributed by atoms with Gasteiger partial charge in [-0.15, -0.1) is 12.4 Å². The summed E-state index contributed by atoms with van der Waals surface area (Å²) in [5.41, 5.74) is 5.75. The third kappa shape index (κ3) is 2.74. The van der Waals surface area contributed by atoms with Gasteiger partial charge in [0, 0.05) is 32.2 Å². The van der Waals surface area contributed by atoms with Crippen LogP contribution in [0.2, 0.25) is 0 Å². The van der Waals surface area contributed by atoms with Gasteiger partial charge in [-0.05, 0) is 18.9 Å². The van der Waals surface area contributed by atoms with Crippen molar-refractivity contribution in [2.75, 3.05) is 18.0 Å². The molecule has 0 spiro atoms. The molecule has 1 aromatic rings. The number of hydrogen-bond acceptors (Lipinski definition) is 4. The second-order valence-corrected chi connectivity index (χ2v) is 3.98. The molecule has 5 nitrogen and oxygen atoms in total. The Labute approximate surface area is 101 Å². The fraction of sp³-hybridized carbons (Fsp3) is 0.600. The van der Waals surface area contributed by atoms with Crippen molar-refractivity contribution in [3.63, 3.8) is 0 Å². The smallest absolute Gasteiger partial charge is 0.266 e. The van der Waals surface area contributed by atoms with Crippen LogP contribution >= 0.6 is 12.4 Å². The fourth-order valence-electron chi connectivity index (χ4n) is 1.79. The van der Waals surface area contributed by atoms with Crippen LogP contribution < -0.4 is 16.2 Å². The minimum Gasteiger partial charge on any atom is -0.355 e. The van der Waals surface area contributed by atoms with E-state index in [1.54, 1.807) is 19.2 Å². The molecule has 0 aliphatic carbocycles. The van der Waals surface area contributed by atoms with Crippen LogP contribution in [0.25, 0.3) is 0 Å². The van der Waals surface area contributed by atoms with Crippen molar-refractivity contribution in [1.82, 2.24) is 9.78 Å². The van der Waals surface area contributed by atoms with Crippen molar-refractivity contribution in [3.8, 4) is 0 Å². The topological polar surface area (TPSA) is 64.2 Å². The van der Waals surface area contributed by atoms with E-state index in [9.17, 15) is 4.79 Å². The van der Waals surface area contributed by atoms with E-state index in [0.29, 0.717) is 6.04 Å². The van der Waals surface area contributed by atoms with Crippen LogP contribution in [-0.4, -0.2) is 28.9 Å². The van der Waals surface area contributed by atoms with Crippen LogP contribution in [0.4, 0.5) is 5.82 Å². The number of nitrogens with zero attached hydrogens (tertiary/aromatic N) is 3. The van der Waals surface area contributed by atoms with Crippen LogP contribution in [0.5, 0.6) is 0 Å². The average molecular weight is 245 g/mol. The van der Waals surface area contributed by atoms with Gasteiger partial charge in [0.1, 0.15) is 5.82 Å². The molecule has 0 atom stereocenters. The summed E-state index contributed by atoms with van der Waals surface area (Å²) < 4.78 is 1.36. The summed E-state index contributed by atoms with van der Waals surface area (Å²) in [6.07, 6.45) is 1.98. The maximum absolute atomic E-state index is 11.2. The quantitative estimate of drug-likeness (QED) is 0.763. The Morgan fingerprint density at radius 1 is 1.38 bits per heavy atom. The summed E-state index contributed by atoms with van der Waals surface area (Å²) >= 11 is 0. The van der Waals surface area contributed by atoms with E-state index in [-0.39, 0.29) is 18.0 Å². The first kappa shape index (κ1) is 13.0. The van der Waals surface area contributed by atoms with Crippen molar-refractivity contribution in [1.29, 1.82) is 0 Å². The minimum atomic E-state index is -0.0764. The third-order valence-electron chi connectivity index (χ3n) is 2.81. The second-order valence-electron chi connectivity index (χ2n) is 3.98. The summed E-state index contributed by atoms with van der Waals surface area (Å²) in [6, 6.07) is 3.64. The van der Waals surface area contributed by atoms with Gasteiger partial charge >= 0.3 is 0 Å². The van der Waals surface area contributed by atoms with E-state index in [1.165, 1.54) is 4.68 Å². The lowest BCUT2D eigenvalue weighted by Gasteiger charge is -2.30. The van der Waals surface area contributed by atoms with Gasteiger partial charge in [0.05, 0.1) is 0 Å². The van der Waals surface area contributed by atoms with Crippen molar-refractivity contribution in [2.45, 2.75) is 18.9 Å². The number of hydrogen-bond donors (Lipinski definition) is 1. The molecule has 6 heteroatoms. The average Bonchev–Trinajstić information content (AvgIpc) is 2.23. The molecular formula is C10H17ClN4O. The zero-order chi connectivity index (χ0) is 10.8. The Morgan fingerprint density at radius 3 is 2.56 bits per heavy atom.